The third-order valence-corrected chi connectivity index (χ3v) is 1.48. The highest BCUT2D eigenvalue weighted by Gasteiger charge is 2.06. The van der Waals surface area contributed by atoms with Gasteiger partial charge in [-0.15, -0.1) is 5.10 Å². The highest BCUT2D eigenvalue weighted by Crippen LogP contribution is 1.97. The van der Waals surface area contributed by atoms with Gasteiger partial charge in [0.05, 0.1) is 0 Å². The summed E-state index contributed by atoms with van der Waals surface area (Å²) in [7, 11) is 0. The molecule has 2 aromatic rings. The van der Waals surface area contributed by atoms with Crippen molar-refractivity contribution in [3.8, 4) is 6.07 Å². The molecule has 6 nitrogen and oxygen atoms in total. The molecular formula is C6H3N5O. The van der Waals surface area contributed by atoms with E-state index in [9.17, 15) is 4.79 Å². The van der Waals surface area contributed by atoms with Crippen molar-refractivity contribution in [1.82, 2.24) is 20.4 Å². The number of H-pyrrole nitrogens is 2. The van der Waals surface area contributed by atoms with Crippen LogP contribution in [0.25, 0.3) is 11.2 Å². The van der Waals surface area contributed by atoms with Crippen LogP contribution in [-0.4, -0.2) is 20.4 Å². The molecular weight excluding hydrogens is 158 g/mol. The second-order valence-electron chi connectivity index (χ2n) is 2.16. The average molecular weight is 161 g/mol. The van der Waals surface area contributed by atoms with Crippen LogP contribution in [0.5, 0.6) is 0 Å². The highest BCUT2D eigenvalue weighted by molar-refractivity contribution is 5.69. The van der Waals surface area contributed by atoms with E-state index >= 15 is 0 Å². The first-order valence-electron chi connectivity index (χ1n) is 3.15. The first kappa shape index (κ1) is 6.54. The Morgan fingerprint density at radius 1 is 1.50 bits per heavy atom. The molecule has 0 bridgehead atoms. The number of pyridine rings is 1. The molecule has 0 atom stereocenters. The lowest BCUT2D eigenvalue weighted by atomic mass is 10.3. The van der Waals surface area contributed by atoms with E-state index in [0.29, 0.717) is 5.65 Å². The Morgan fingerprint density at radius 3 is 3.08 bits per heavy atom. The molecule has 2 heterocycles. The maximum Gasteiger partial charge on any atom is 0.229 e. The SMILES string of the molecule is N#Cc1c[nH]c2n[nH]nc2c1=O. The number of hydrogen-bond acceptors (Lipinski definition) is 4. The van der Waals surface area contributed by atoms with E-state index < -0.39 is 5.43 Å². The number of rotatable bonds is 0. The van der Waals surface area contributed by atoms with Gasteiger partial charge in [-0.05, 0) is 0 Å². The van der Waals surface area contributed by atoms with Crippen molar-refractivity contribution in [2.24, 2.45) is 0 Å². The monoisotopic (exact) mass is 161 g/mol. The first-order valence-corrected chi connectivity index (χ1v) is 3.15. The van der Waals surface area contributed by atoms with Gasteiger partial charge in [-0.1, -0.05) is 0 Å². The third-order valence-electron chi connectivity index (χ3n) is 1.48. The highest BCUT2D eigenvalue weighted by atomic mass is 16.1. The van der Waals surface area contributed by atoms with Crippen LogP contribution in [0.3, 0.4) is 0 Å². The minimum absolute atomic E-state index is 0.0383. The zero-order chi connectivity index (χ0) is 8.55. The van der Waals surface area contributed by atoms with Crippen LogP contribution in [0, 0.1) is 11.3 Å². The standard InChI is InChI=1S/C6H3N5O/c7-1-3-2-8-6-4(5(3)12)9-11-10-6/h2H,(H2,8,9,10,11,12). The van der Waals surface area contributed by atoms with Crippen LogP contribution in [-0.2, 0) is 0 Å². The summed E-state index contributed by atoms with van der Waals surface area (Å²) in [6.45, 7) is 0. The molecule has 0 aromatic carbocycles. The number of nitrogens with one attached hydrogen (secondary N) is 2. The fraction of sp³-hybridized carbons (Fsp3) is 0. The smallest absolute Gasteiger partial charge is 0.229 e. The summed E-state index contributed by atoms with van der Waals surface area (Å²) in [6.07, 6.45) is 1.31. The molecule has 0 saturated carbocycles. The van der Waals surface area contributed by atoms with Gasteiger partial charge in [-0.3, -0.25) is 4.79 Å². The number of fused-ring (bicyclic) bond motifs is 1. The van der Waals surface area contributed by atoms with Crippen molar-refractivity contribution < 1.29 is 0 Å². The molecule has 0 aliphatic heterocycles. The molecule has 0 aliphatic rings. The molecule has 58 valence electrons. The van der Waals surface area contributed by atoms with Crippen LogP contribution in [0.15, 0.2) is 11.0 Å². The topological polar surface area (TPSA) is 98.2 Å². The fourth-order valence-electron chi connectivity index (χ4n) is 0.907. The Hall–Kier alpha value is -2.16. The van der Waals surface area contributed by atoms with Crippen molar-refractivity contribution >= 4 is 11.2 Å². The van der Waals surface area contributed by atoms with Crippen LogP contribution in [0.4, 0.5) is 0 Å². The Labute approximate surface area is 65.8 Å². The summed E-state index contributed by atoms with van der Waals surface area (Å²) in [5.74, 6) is 0. The molecule has 0 spiro atoms. The second-order valence-corrected chi connectivity index (χ2v) is 2.16. The van der Waals surface area contributed by atoms with Gasteiger partial charge in [0.2, 0.25) is 5.43 Å². The molecule has 2 rings (SSSR count). The van der Waals surface area contributed by atoms with E-state index in [1.54, 1.807) is 6.07 Å². The molecule has 0 saturated heterocycles. The van der Waals surface area contributed by atoms with Crippen molar-refractivity contribution in [2.45, 2.75) is 0 Å². The molecule has 0 radical (unpaired) electrons. The van der Waals surface area contributed by atoms with Crippen LogP contribution in [0.1, 0.15) is 5.56 Å². The number of nitriles is 1. The molecule has 0 fully saturated rings. The second kappa shape index (κ2) is 2.17. The van der Waals surface area contributed by atoms with Crippen molar-refractivity contribution in [3.63, 3.8) is 0 Å². The van der Waals surface area contributed by atoms with Gasteiger partial charge in [0, 0.05) is 6.20 Å². The number of hydrogen-bond donors (Lipinski definition) is 2. The Morgan fingerprint density at radius 2 is 2.33 bits per heavy atom. The molecule has 0 unspecified atom stereocenters. The van der Waals surface area contributed by atoms with Crippen LogP contribution < -0.4 is 5.43 Å². The summed E-state index contributed by atoms with van der Waals surface area (Å²) in [4.78, 5) is 13.9. The zero-order valence-corrected chi connectivity index (χ0v) is 5.83. The normalized spacial score (nSPS) is 9.92. The number of aromatic amines is 2. The average Bonchev–Trinajstić information content (AvgIpc) is 2.53. The predicted molar refractivity (Wildman–Crippen MR) is 39.2 cm³/mol. The zero-order valence-electron chi connectivity index (χ0n) is 5.83. The van der Waals surface area contributed by atoms with E-state index in [4.69, 9.17) is 5.26 Å². The van der Waals surface area contributed by atoms with Crippen molar-refractivity contribution in [1.29, 1.82) is 5.26 Å². The molecule has 12 heavy (non-hydrogen) atoms. The minimum Gasteiger partial charge on any atom is -0.342 e. The van der Waals surface area contributed by atoms with Gasteiger partial charge in [0.1, 0.15) is 11.6 Å². The minimum atomic E-state index is -0.403. The van der Waals surface area contributed by atoms with E-state index in [-0.39, 0.29) is 11.1 Å². The number of nitrogens with zero attached hydrogens (tertiary/aromatic N) is 3. The van der Waals surface area contributed by atoms with E-state index in [1.165, 1.54) is 6.20 Å². The molecule has 2 aromatic heterocycles. The van der Waals surface area contributed by atoms with Crippen LogP contribution >= 0.6 is 0 Å². The van der Waals surface area contributed by atoms with E-state index in [2.05, 4.69) is 20.4 Å². The molecule has 0 amide bonds. The molecule has 6 heteroatoms. The Balaban J connectivity index is 3.00. The lowest BCUT2D eigenvalue weighted by Gasteiger charge is -1.85. The fourth-order valence-corrected chi connectivity index (χ4v) is 0.907. The summed E-state index contributed by atoms with van der Waals surface area (Å²) in [5, 5.41) is 18.0. The lowest BCUT2D eigenvalue weighted by Crippen LogP contribution is -2.06. The Kier molecular flexibility index (Phi) is 1.18. The molecule has 2 N–H and O–H groups in total. The van der Waals surface area contributed by atoms with E-state index in [1.807, 2.05) is 0 Å². The summed E-state index contributed by atoms with van der Waals surface area (Å²) >= 11 is 0. The maximum absolute atomic E-state index is 11.3. The summed E-state index contributed by atoms with van der Waals surface area (Å²) in [6, 6.07) is 1.75. The quantitative estimate of drug-likeness (QED) is 0.545. The third kappa shape index (κ3) is 0.703. The summed E-state index contributed by atoms with van der Waals surface area (Å²) in [5.41, 5.74) is 0.157. The van der Waals surface area contributed by atoms with E-state index in [0.717, 1.165) is 0 Å². The van der Waals surface area contributed by atoms with Gasteiger partial charge in [0.25, 0.3) is 0 Å². The van der Waals surface area contributed by atoms with Crippen molar-refractivity contribution in [3.05, 3.63) is 22.0 Å². The lowest BCUT2D eigenvalue weighted by molar-refractivity contribution is 0.954. The first-order chi connectivity index (χ1) is 5.83. The van der Waals surface area contributed by atoms with Gasteiger partial charge >= 0.3 is 0 Å². The molecule has 0 aliphatic carbocycles. The maximum atomic E-state index is 11.3. The van der Waals surface area contributed by atoms with Gasteiger partial charge in [0.15, 0.2) is 11.2 Å². The predicted octanol–water partition coefficient (Wildman–Crippen LogP) is -0.482. The van der Waals surface area contributed by atoms with Crippen LogP contribution in [0.2, 0.25) is 0 Å². The van der Waals surface area contributed by atoms with Gasteiger partial charge < -0.3 is 4.98 Å². The Bertz CT molecular complexity index is 516. The van der Waals surface area contributed by atoms with Gasteiger partial charge in [-0.25, -0.2) is 0 Å². The van der Waals surface area contributed by atoms with Gasteiger partial charge in [-0.2, -0.15) is 15.6 Å². The van der Waals surface area contributed by atoms with Crippen molar-refractivity contribution in [2.75, 3.05) is 0 Å². The summed E-state index contributed by atoms with van der Waals surface area (Å²) < 4.78 is 0. The largest absolute Gasteiger partial charge is 0.342 e. The number of aromatic nitrogens is 4.